The van der Waals surface area contributed by atoms with E-state index in [1.54, 1.807) is 24.3 Å². The van der Waals surface area contributed by atoms with Crippen LogP contribution in [0.25, 0.3) is 11.5 Å². The fourth-order valence-corrected chi connectivity index (χ4v) is 3.07. The first kappa shape index (κ1) is 24.0. The van der Waals surface area contributed by atoms with Gasteiger partial charge in [-0.3, -0.25) is 20.4 Å². The van der Waals surface area contributed by atoms with Crippen LogP contribution in [0.3, 0.4) is 0 Å². The monoisotopic (exact) mass is 450 g/mol. The minimum atomic E-state index is -0.405. The summed E-state index contributed by atoms with van der Waals surface area (Å²) in [7, 11) is 0. The maximum atomic E-state index is 12.2. The number of nitrogens with zero attached hydrogens (tertiary/aromatic N) is 2. The molecule has 0 aliphatic heterocycles. The molecule has 0 fully saturated rings. The Balaban J connectivity index is 1.38. The molecule has 8 nitrogen and oxygen atoms in total. The summed E-state index contributed by atoms with van der Waals surface area (Å²) < 4.78 is 11.3. The van der Waals surface area contributed by atoms with Crippen LogP contribution < -0.4 is 15.6 Å². The van der Waals surface area contributed by atoms with E-state index in [4.69, 9.17) is 9.15 Å². The smallest absolute Gasteiger partial charge is 0.269 e. The minimum Gasteiger partial charge on any atom is -0.494 e. The molecule has 3 aromatic rings. The van der Waals surface area contributed by atoms with Gasteiger partial charge in [-0.05, 0) is 49.7 Å². The molecule has 2 amide bonds. The van der Waals surface area contributed by atoms with E-state index in [2.05, 4.69) is 28.0 Å². The van der Waals surface area contributed by atoms with Crippen LogP contribution in [-0.4, -0.2) is 28.6 Å². The van der Waals surface area contributed by atoms with Crippen LogP contribution in [0.15, 0.2) is 52.9 Å². The van der Waals surface area contributed by atoms with Gasteiger partial charge in [-0.25, -0.2) is 0 Å². The average molecular weight is 451 g/mol. The lowest BCUT2D eigenvalue weighted by Gasteiger charge is -2.08. The number of amides is 2. The van der Waals surface area contributed by atoms with Crippen molar-refractivity contribution in [1.82, 2.24) is 21.0 Å². The van der Waals surface area contributed by atoms with Crippen LogP contribution in [0.1, 0.15) is 60.8 Å². The zero-order valence-corrected chi connectivity index (χ0v) is 19.1. The Labute approximate surface area is 193 Å². The third kappa shape index (κ3) is 7.75. The van der Waals surface area contributed by atoms with Gasteiger partial charge in [-0.15, -0.1) is 10.2 Å². The lowest BCUT2D eigenvalue weighted by Crippen LogP contribution is -2.41. The number of nitrogens with one attached hydrogen (secondary N) is 2. The largest absolute Gasteiger partial charge is 0.494 e. The number of carbonyl (C=O) groups excluding carboxylic acids is 2. The molecule has 8 heteroatoms. The first-order chi connectivity index (χ1) is 16.0. The van der Waals surface area contributed by atoms with Crippen molar-refractivity contribution < 1.29 is 18.7 Å². The van der Waals surface area contributed by atoms with Crippen molar-refractivity contribution in [1.29, 1.82) is 0 Å². The zero-order valence-electron chi connectivity index (χ0n) is 19.1. The van der Waals surface area contributed by atoms with Crippen molar-refractivity contribution >= 4 is 11.8 Å². The van der Waals surface area contributed by atoms with Crippen molar-refractivity contribution in [3.8, 4) is 17.2 Å². The van der Waals surface area contributed by atoms with Gasteiger partial charge in [-0.2, -0.15) is 0 Å². The van der Waals surface area contributed by atoms with Gasteiger partial charge in [0.05, 0.1) is 6.61 Å². The number of hydrogen-bond acceptors (Lipinski definition) is 6. The summed E-state index contributed by atoms with van der Waals surface area (Å²) in [5.74, 6) is 0.726. The molecule has 0 atom stereocenters. The van der Waals surface area contributed by atoms with Gasteiger partial charge in [0.1, 0.15) is 5.75 Å². The third-order valence-electron chi connectivity index (χ3n) is 5.03. The van der Waals surface area contributed by atoms with E-state index in [0.717, 1.165) is 29.7 Å². The number of ether oxygens (including phenoxy) is 1. The second-order valence-electron chi connectivity index (χ2n) is 7.80. The number of carbonyl (C=O) groups is 2. The number of benzene rings is 2. The van der Waals surface area contributed by atoms with Gasteiger partial charge >= 0.3 is 0 Å². The average Bonchev–Trinajstić information content (AvgIpc) is 3.31. The van der Waals surface area contributed by atoms with Crippen molar-refractivity contribution in [2.24, 2.45) is 0 Å². The van der Waals surface area contributed by atoms with Gasteiger partial charge in [0.15, 0.2) is 0 Å². The van der Waals surface area contributed by atoms with Crippen LogP contribution in [0, 0.1) is 6.92 Å². The van der Waals surface area contributed by atoms with Crippen molar-refractivity contribution in [2.75, 3.05) is 6.61 Å². The van der Waals surface area contributed by atoms with Gasteiger partial charge in [0.2, 0.25) is 17.7 Å². The maximum absolute atomic E-state index is 12.2. The molecular formula is C25H30N4O4. The Hall–Kier alpha value is -3.68. The fraction of sp³-hybridized carbons (Fsp3) is 0.360. The molecule has 0 spiro atoms. The maximum Gasteiger partial charge on any atom is 0.269 e. The van der Waals surface area contributed by atoms with E-state index in [9.17, 15) is 9.59 Å². The molecule has 2 aromatic carbocycles. The molecule has 1 heterocycles. The number of unbranched alkanes of at least 4 members (excludes halogenated alkanes) is 3. The topological polar surface area (TPSA) is 106 Å². The quantitative estimate of drug-likeness (QED) is 0.331. The highest BCUT2D eigenvalue weighted by atomic mass is 16.5. The van der Waals surface area contributed by atoms with E-state index in [-0.39, 0.29) is 18.7 Å². The summed E-state index contributed by atoms with van der Waals surface area (Å²) in [5, 5.41) is 8.00. The Morgan fingerprint density at radius 3 is 2.42 bits per heavy atom. The molecule has 3 rings (SSSR count). The summed E-state index contributed by atoms with van der Waals surface area (Å²) >= 11 is 0. The molecule has 2 N–H and O–H groups in total. The molecule has 0 radical (unpaired) electrons. The number of hydrogen-bond donors (Lipinski definition) is 2. The number of aromatic nitrogens is 2. The van der Waals surface area contributed by atoms with E-state index in [0.29, 0.717) is 24.0 Å². The molecule has 0 saturated heterocycles. The lowest BCUT2D eigenvalue weighted by atomic mass is 10.1. The van der Waals surface area contributed by atoms with Crippen molar-refractivity contribution in [2.45, 2.75) is 52.4 Å². The molecule has 174 valence electrons. The van der Waals surface area contributed by atoms with Crippen LogP contribution >= 0.6 is 0 Å². The molecule has 0 aliphatic rings. The first-order valence-electron chi connectivity index (χ1n) is 11.3. The van der Waals surface area contributed by atoms with Crippen LogP contribution in [-0.2, 0) is 11.2 Å². The molecule has 0 bridgehead atoms. The Kier molecular flexibility index (Phi) is 8.99. The predicted octanol–water partition coefficient (Wildman–Crippen LogP) is 4.40. The minimum absolute atomic E-state index is 0.0978. The molecule has 0 aliphatic carbocycles. The molecule has 0 saturated carbocycles. The van der Waals surface area contributed by atoms with Crippen LogP contribution in [0.5, 0.6) is 5.75 Å². The number of rotatable bonds is 11. The lowest BCUT2D eigenvalue weighted by molar-refractivity contribution is -0.121. The van der Waals surface area contributed by atoms with Gasteiger partial charge in [-0.1, -0.05) is 43.9 Å². The Bertz CT molecular complexity index is 1030. The summed E-state index contributed by atoms with van der Waals surface area (Å²) in [6.45, 7) is 4.83. The Morgan fingerprint density at radius 1 is 0.939 bits per heavy atom. The predicted molar refractivity (Wildman–Crippen MR) is 124 cm³/mol. The highest BCUT2D eigenvalue weighted by Crippen LogP contribution is 2.18. The highest BCUT2D eigenvalue weighted by molar-refractivity contribution is 5.95. The summed E-state index contributed by atoms with van der Waals surface area (Å²) in [6.07, 6.45) is 4.92. The molecule has 33 heavy (non-hydrogen) atoms. The molecule has 1 aromatic heterocycles. The normalized spacial score (nSPS) is 10.6. The zero-order chi connectivity index (χ0) is 23.5. The van der Waals surface area contributed by atoms with Crippen molar-refractivity contribution in [3.63, 3.8) is 0 Å². The standard InChI is InChI=1S/C25H30N4O4/c1-3-4-5-6-17-32-21-13-11-19(12-14-21)24(31)28-26-22(30)15-16-23-27-29-25(33-23)20-9-7-18(2)8-10-20/h7-14H,3-6,15-17H2,1-2H3,(H,26,30)(H,28,31). The van der Waals surface area contributed by atoms with Gasteiger partial charge in [0, 0.05) is 24.0 Å². The summed E-state index contributed by atoms with van der Waals surface area (Å²) in [4.78, 5) is 24.3. The number of hydrazine groups is 1. The number of aryl methyl sites for hydroxylation is 2. The summed E-state index contributed by atoms with van der Waals surface area (Å²) in [6, 6.07) is 14.6. The van der Waals surface area contributed by atoms with E-state index >= 15 is 0 Å². The van der Waals surface area contributed by atoms with Gasteiger partial charge in [0.25, 0.3) is 5.91 Å². The summed E-state index contributed by atoms with van der Waals surface area (Å²) in [5.41, 5.74) is 7.20. The molecular weight excluding hydrogens is 420 g/mol. The SMILES string of the molecule is CCCCCCOc1ccc(C(=O)NNC(=O)CCc2nnc(-c3ccc(C)cc3)o2)cc1. The Morgan fingerprint density at radius 2 is 1.70 bits per heavy atom. The first-order valence-corrected chi connectivity index (χ1v) is 11.3. The van der Waals surface area contributed by atoms with Crippen molar-refractivity contribution in [3.05, 3.63) is 65.5 Å². The van der Waals surface area contributed by atoms with E-state index in [1.807, 2.05) is 31.2 Å². The van der Waals surface area contributed by atoms with Crippen LogP contribution in [0.2, 0.25) is 0 Å². The van der Waals surface area contributed by atoms with E-state index < -0.39 is 5.91 Å². The van der Waals surface area contributed by atoms with E-state index in [1.165, 1.54) is 12.8 Å². The molecule has 0 unspecified atom stereocenters. The third-order valence-corrected chi connectivity index (χ3v) is 5.03. The van der Waals surface area contributed by atoms with Gasteiger partial charge < -0.3 is 9.15 Å². The second kappa shape index (κ2) is 12.4. The second-order valence-corrected chi connectivity index (χ2v) is 7.80. The highest BCUT2D eigenvalue weighted by Gasteiger charge is 2.12. The van der Waals surface area contributed by atoms with Crippen LogP contribution in [0.4, 0.5) is 0 Å². The fourth-order valence-electron chi connectivity index (χ4n) is 3.07.